The van der Waals surface area contributed by atoms with Gasteiger partial charge in [-0.15, -0.1) is 0 Å². The summed E-state index contributed by atoms with van der Waals surface area (Å²) in [5.41, 5.74) is 2.81. The highest BCUT2D eigenvalue weighted by Gasteiger charge is 2.13. The Labute approximate surface area is 185 Å². The fraction of sp³-hybridized carbons (Fsp3) is 0.0417. The number of halogens is 2. The normalized spacial score (nSPS) is 11.1. The first kappa shape index (κ1) is 20.4. The van der Waals surface area contributed by atoms with Crippen molar-refractivity contribution >= 4 is 22.5 Å². The monoisotopic (exact) mass is 445 g/mol. The number of aromatic amines is 2. The molecule has 7 nitrogen and oxygen atoms in total. The number of carbonyl (C=O) groups excluding carboxylic acids is 1. The molecule has 0 fully saturated rings. The number of para-hydroxylation sites is 1. The molecule has 164 valence electrons. The van der Waals surface area contributed by atoms with Crippen LogP contribution < -0.4 is 10.9 Å². The lowest BCUT2D eigenvalue weighted by Gasteiger charge is -2.05. The van der Waals surface area contributed by atoms with Crippen LogP contribution in [0.3, 0.4) is 0 Å². The second kappa shape index (κ2) is 8.19. The fourth-order valence-corrected chi connectivity index (χ4v) is 3.57. The lowest BCUT2D eigenvalue weighted by molar-refractivity contribution is 0.102. The number of H-pyrrole nitrogens is 2. The summed E-state index contributed by atoms with van der Waals surface area (Å²) in [5, 5.41) is 7.81. The zero-order valence-electron chi connectivity index (χ0n) is 17.1. The molecular formula is C24H17F2N5O2. The predicted molar refractivity (Wildman–Crippen MR) is 120 cm³/mol. The fourth-order valence-electron chi connectivity index (χ4n) is 3.57. The molecule has 5 rings (SSSR count). The van der Waals surface area contributed by atoms with Crippen LogP contribution in [0.25, 0.3) is 22.2 Å². The molecule has 0 saturated heterocycles. The molecule has 1 amide bonds. The number of nitrogens with one attached hydrogen (secondary N) is 3. The number of carbonyl (C=O) groups is 1. The molecule has 0 bridgehead atoms. The zero-order valence-corrected chi connectivity index (χ0v) is 17.1. The van der Waals surface area contributed by atoms with Crippen LogP contribution in [0, 0.1) is 11.6 Å². The van der Waals surface area contributed by atoms with Gasteiger partial charge < -0.3 is 15.3 Å². The Kier molecular flexibility index (Phi) is 5.06. The number of anilines is 1. The number of rotatable bonds is 5. The van der Waals surface area contributed by atoms with Gasteiger partial charge in [-0.25, -0.2) is 8.78 Å². The Hall–Kier alpha value is -4.53. The largest absolute Gasteiger partial charge is 0.354 e. The number of hydrogen-bond donors (Lipinski definition) is 3. The molecule has 0 radical (unpaired) electrons. The van der Waals surface area contributed by atoms with E-state index in [0.717, 1.165) is 23.0 Å². The highest BCUT2D eigenvalue weighted by Crippen LogP contribution is 2.23. The van der Waals surface area contributed by atoms with Crippen LogP contribution in [-0.2, 0) is 6.54 Å². The summed E-state index contributed by atoms with van der Waals surface area (Å²) in [4.78, 5) is 30.9. The van der Waals surface area contributed by atoms with E-state index < -0.39 is 17.5 Å². The lowest BCUT2D eigenvalue weighted by Crippen LogP contribution is -2.15. The van der Waals surface area contributed by atoms with E-state index in [1.54, 1.807) is 6.07 Å². The molecule has 3 heterocycles. The van der Waals surface area contributed by atoms with Crippen molar-refractivity contribution in [2.45, 2.75) is 6.54 Å². The maximum absolute atomic E-state index is 13.4. The minimum absolute atomic E-state index is 0.174. The third-order valence-corrected chi connectivity index (χ3v) is 5.21. The summed E-state index contributed by atoms with van der Waals surface area (Å²) < 4.78 is 28.0. The van der Waals surface area contributed by atoms with Gasteiger partial charge in [0.05, 0.1) is 35.2 Å². The second-order valence-corrected chi connectivity index (χ2v) is 7.53. The van der Waals surface area contributed by atoms with Gasteiger partial charge in [-0.3, -0.25) is 14.3 Å². The molecule has 9 heteroatoms. The molecule has 0 spiro atoms. The first-order valence-electron chi connectivity index (χ1n) is 10.0. The van der Waals surface area contributed by atoms with Gasteiger partial charge in [-0.05, 0) is 35.9 Å². The van der Waals surface area contributed by atoms with E-state index in [-0.39, 0.29) is 17.7 Å². The Bertz CT molecular complexity index is 1520. The molecule has 0 aliphatic rings. The number of fused-ring (bicyclic) bond motifs is 1. The summed E-state index contributed by atoms with van der Waals surface area (Å²) in [6.07, 6.45) is 4.29. The van der Waals surface area contributed by atoms with Crippen LogP contribution >= 0.6 is 0 Å². The molecule has 0 saturated carbocycles. The van der Waals surface area contributed by atoms with E-state index in [4.69, 9.17) is 0 Å². The van der Waals surface area contributed by atoms with Crippen molar-refractivity contribution in [2.75, 3.05) is 5.32 Å². The van der Waals surface area contributed by atoms with Gasteiger partial charge >= 0.3 is 0 Å². The smallest absolute Gasteiger partial charge is 0.258 e. The van der Waals surface area contributed by atoms with E-state index in [2.05, 4.69) is 20.4 Å². The average Bonchev–Trinajstić information content (AvgIpc) is 3.44. The number of hydrogen-bond acceptors (Lipinski definition) is 3. The second-order valence-electron chi connectivity index (χ2n) is 7.53. The summed E-state index contributed by atoms with van der Waals surface area (Å²) in [5.74, 6) is -2.30. The molecule has 3 N–H and O–H groups in total. The van der Waals surface area contributed by atoms with Crippen molar-refractivity contribution in [3.8, 4) is 11.3 Å². The molecule has 33 heavy (non-hydrogen) atoms. The zero-order chi connectivity index (χ0) is 22.9. The number of pyridine rings is 1. The Morgan fingerprint density at radius 1 is 1.06 bits per heavy atom. The van der Waals surface area contributed by atoms with Crippen molar-refractivity contribution in [1.82, 2.24) is 19.7 Å². The molecule has 0 atom stereocenters. The summed E-state index contributed by atoms with van der Waals surface area (Å²) >= 11 is 0. The van der Waals surface area contributed by atoms with E-state index >= 15 is 0 Å². The van der Waals surface area contributed by atoms with Gasteiger partial charge in [0.15, 0.2) is 11.6 Å². The quantitative estimate of drug-likeness (QED) is 0.376. The Balaban J connectivity index is 1.34. The highest BCUT2D eigenvalue weighted by atomic mass is 19.2. The minimum Gasteiger partial charge on any atom is -0.354 e. The van der Waals surface area contributed by atoms with Crippen molar-refractivity contribution in [1.29, 1.82) is 0 Å². The Morgan fingerprint density at radius 3 is 2.73 bits per heavy atom. The van der Waals surface area contributed by atoms with Crippen LogP contribution in [0.5, 0.6) is 0 Å². The topological polar surface area (TPSA) is 95.6 Å². The summed E-state index contributed by atoms with van der Waals surface area (Å²) in [6.45, 7) is 0.174. The van der Waals surface area contributed by atoms with E-state index in [1.807, 2.05) is 30.3 Å². The van der Waals surface area contributed by atoms with Crippen molar-refractivity contribution < 1.29 is 13.6 Å². The standard InChI is InChI=1S/C24H17F2N5O2/c25-19-6-5-14(7-20(19)26)12-31-13-16(10-28-31)23(32)29-17-9-18(24(33)27-11-17)22-8-15-3-1-2-4-21(15)30-22/h1-11,13,30H,12H2,(H,27,33)(H,29,32). The summed E-state index contributed by atoms with van der Waals surface area (Å²) in [6, 6.07) is 14.7. The maximum Gasteiger partial charge on any atom is 0.258 e. The molecule has 5 aromatic rings. The van der Waals surface area contributed by atoms with Crippen LogP contribution in [0.15, 0.2) is 78.0 Å². The average molecular weight is 445 g/mol. The first-order valence-corrected chi connectivity index (χ1v) is 10.0. The van der Waals surface area contributed by atoms with Gasteiger partial charge in [0.25, 0.3) is 11.5 Å². The maximum atomic E-state index is 13.4. The minimum atomic E-state index is -0.943. The SMILES string of the molecule is O=C(Nc1c[nH]c(=O)c(-c2cc3ccccc3[nH]2)c1)c1cnn(Cc2ccc(F)c(F)c2)c1. The number of aromatic nitrogens is 4. The van der Waals surface area contributed by atoms with Crippen LogP contribution in [0.1, 0.15) is 15.9 Å². The predicted octanol–water partition coefficient (Wildman–Crippen LogP) is 4.30. The van der Waals surface area contributed by atoms with Crippen LogP contribution in [0.4, 0.5) is 14.5 Å². The molecule has 2 aromatic carbocycles. The van der Waals surface area contributed by atoms with Crippen LogP contribution in [-0.4, -0.2) is 25.7 Å². The van der Waals surface area contributed by atoms with Gasteiger partial charge in [0, 0.05) is 23.3 Å². The highest BCUT2D eigenvalue weighted by molar-refractivity contribution is 6.04. The van der Waals surface area contributed by atoms with Crippen molar-refractivity contribution in [3.05, 3.63) is 106 Å². The van der Waals surface area contributed by atoms with E-state index in [9.17, 15) is 18.4 Å². The third kappa shape index (κ3) is 4.16. The molecule has 3 aromatic heterocycles. The summed E-state index contributed by atoms with van der Waals surface area (Å²) in [7, 11) is 0. The van der Waals surface area contributed by atoms with Gasteiger partial charge in [0.1, 0.15) is 0 Å². The van der Waals surface area contributed by atoms with E-state index in [0.29, 0.717) is 22.5 Å². The Morgan fingerprint density at radius 2 is 1.91 bits per heavy atom. The lowest BCUT2D eigenvalue weighted by atomic mass is 10.2. The van der Waals surface area contributed by atoms with E-state index in [1.165, 1.54) is 29.3 Å². The number of nitrogens with zero attached hydrogens (tertiary/aromatic N) is 2. The van der Waals surface area contributed by atoms with Crippen molar-refractivity contribution in [3.63, 3.8) is 0 Å². The first-order chi connectivity index (χ1) is 16.0. The molecular weight excluding hydrogens is 428 g/mol. The van der Waals surface area contributed by atoms with Gasteiger partial charge in [-0.2, -0.15) is 5.10 Å². The van der Waals surface area contributed by atoms with Crippen LogP contribution in [0.2, 0.25) is 0 Å². The molecule has 0 aliphatic heterocycles. The van der Waals surface area contributed by atoms with Crippen molar-refractivity contribution in [2.24, 2.45) is 0 Å². The van der Waals surface area contributed by atoms with Gasteiger partial charge in [-0.1, -0.05) is 24.3 Å². The third-order valence-electron chi connectivity index (χ3n) is 5.21. The number of amides is 1. The van der Waals surface area contributed by atoms with Gasteiger partial charge in [0.2, 0.25) is 0 Å². The number of benzene rings is 2. The molecule has 0 aliphatic carbocycles. The molecule has 0 unspecified atom stereocenters.